The molecule has 2 heterocycles. The number of carboxylic acids is 1. The highest BCUT2D eigenvalue weighted by atomic mass is 35.5. The summed E-state index contributed by atoms with van der Waals surface area (Å²) in [6.07, 6.45) is 1.08. The number of carboxylic acid groups (broad SMARTS) is 1. The van der Waals surface area contributed by atoms with Crippen LogP contribution in [0.3, 0.4) is 0 Å². The number of hydrogen-bond donors (Lipinski definition) is 1. The number of ether oxygens (including phenoxy) is 1. The minimum Gasteiger partial charge on any atom is -0.482 e. The molecule has 7 heteroatoms. The smallest absolute Gasteiger partial charge is 0.341 e. The lowest BCUT2D eigenvalue weighted by atomic mass is 9.87. The van der Waals surface area contributed by atoms with E-state index in [-0.39, 0.29) is 5.91 Å². The molecule has 0 fully saturated rings. The molecule has 0 radical (unpaired) electrons. The zero-order valence-electron chi connectivity index (χ0n) is 20.9. The summed E-state index contributed by atoms with van der Waals surface area (Å²) in [4.78, 5) is 26.9. The fraction of sp³-hybridized carbons (Fsp3) is 0.267. The van der Waals surface area contributed by atoms with E-state index >= 15 is 0 Å². The number of hydrogen-bond acceptors (Lipinski definition) is 3. The summed E-state index contributed by atoms with van der Waals surface area (Å²) >= 11 is 6.39. The van der Waals surface area contributed by atoms with Gasteiger partial charge in [0.05, 0.1) is 6.04 Å². The topological polar surface area (TPSA) is 71.8 Å². The van der Waals surface area contributed by atoms with Crippen molar-refractivity contribution in [1.82, 2.24) is 9.47 Å². The zero-order valence-corrected chi connectivity index (χ0v) is 21.7. The van der Waals surface area contributed by atoms with Crippen molar-refractivity contribution in [3.8, 4) is 5.75 Å². The lowest BCUT2D eigenvalue weighted by Gasteiger charge is -2.38. The van der Waals surface area contributed by atoms with Crippen LogP contribution in [0.15, 0.2) is 66.7 Å². The number of carbonyl (C=O) groups is 2. The normalized spacial score (nSPS) is 15.0. The standard InChI is InChI=1S/C30H29ClN2O4/c1-19-20(2)32(26-10-6-5-8-23(19)26)16-14-28(34)33-15-13-21-7-3-4-9-24(21)30(33)25-17-22(31)11-12-27(25)37-18-29(35)36/h3-12,17,30H,13-16,18H2,1-2H3,(H,35,36). The molecule has 4 aromatic rings. The minimum absolute atomic E-state index is 0.0264. The van der Waals surface area contributed by atoms with Gasteiger partial charge in [-0.1, -0.05) is 54.1 Å². The Hall–Kier alpha value is -3.77. The molecule has 37 heavy (non-hydrogen) atoms. The first-order chi connectivity index (χ1) is 17.8. The Bertz CT molecular complexity index is 1490. The van der Waals surface area contributed by atoms with Gasteiger partial charge in [0.15, 0.2) is 6.61 Å². The van der Waals surface area contributed by atoms with E-state index in [1.54, 1.807) is 18.2 Å². The highest BCUT2D eigenvalue weighted by Crippen LogP contribution is 2.41. The lowest BCUT2D eigenvalue weighted by molar-refractivity contribution is -0.139. The third-order valence-corrected chi connectivity index (χ3v) is 7.55. The van der Waals surface area contributed by atoms with E-state index in [2.05, 4.69) is 36.6 Å². The van der Waals surface area contributed by atoms with E-state index in [9.17, 15) is 14.7 Å². The molecule has 1 aromatic heterocycles. The molecule has 0 spiro atoms. The van der Waals surface area contributed by atoms with E-state index < -0.39 is 18.6 Å². The Morgan fingerprint density at radius 3 is 2.59 bits per heavy atom. The molecule has 1 N–H and O–H groups in total. The number of benzene rings is 3. The predicted octanol–water partition coefficient (Wildman–Crippen LogP) is 5.94. The van der Waals surface area contributed by atoms with Crippen LogP contribution in [0.1, 0.15) is 40.4 Å². The minimum atomic E-state index is -1.07. The van der Waals surface area contributed by atoms with E-state index in [1.807, 2.05) is 35.2 Å². The molecule has 3 aromatic carbocycles. The van der Waals surface area contributed by atoms with Gasteiger partial charge in [-0.05, 0) is 61.2 Å². The first-order valence-electron chi connectivity index (χ1n) is 12.4. The molecule has 1 aliphatic rings. The number of aryl methyl sites for hydroxylation is 2. The summed E-state index contributed by atoms with van der Waals surface area (Å²) in [5.74, 6) is -0.629. The number of nitrogens with zero attached hydrogens (tertiary/aromatic N) is 2. The van der Waals surface area contributed by atoms with Gasteiger partial charge in [-0.3, -0.25) is 4.79 Å². The van der Waals surface area contributed by atoms with Gasteiger partial charge in [0.25, 0.3) is 0 Å². The third kappa shape index (κ3) is 4.81. The van der Waals surface area contributed by atoms with Crippen LogP contribution in [-0.2, 0) is 22.6 Å². The Morgan fingerprint density at radius 1 is 1.03 bits per heavy atom. The van der Waals surface area contributed by atoms with Crippen molar-refractivity contribution in [1.29, 1.82) is 0 Å². The maximum atomic E-state index is 13.8. The average Bonchev–Trinajstić information content (AvgIpc) is 3.15. The lowest BCUT2D eigenvalue weighted by Crippen LogP contribution is -2.41. The van der Waals surface area contributed by atoms with E-state index in [0.717, 1.165) is 28.8 Å². The summed E-state index contributed by atoms with van der Waals surface area (Å²) in [5, 5.41) is 10.9. The van der Waals surface area contributed by atoms with Crippen LogP contribution in [0.25, 0.3) is 10.9 Å². The van der Waals surface area contributed by atoms with E-state index in [1.165, 1.54) is 10.9 Å². The maximum Gasteiger partial charge on any atom is 0.341 e. The Morgan fingerprint density at radius 2 is 1.78 bits per heavy atom. The van der Waals surface area contributed by atoms with Gasteiger partial charge in [-0.2, -0.15) is 0 Å². The molecule has 190 valence electrons. The number of aliphatic carboxylic acids is 1. The zero-order chi connectivity index (χ0) is 26.1. The van der Waals surface area contributed by atoms with Gasteiger partial charge >= 0.3 is 5.97 Å². The fourth-order valence-corrected chi connectivity index (χ4v) is 5.60. The highest BCUT2D eigenvalue weighted by molar-refractivity contribution is 6.30. The molecule has 1 unspecified atom stereocenters. The first kappa shape index (κ1) is 24.9. The summed E-state index contributed by atoms with van der Waals surface area (Å²) in [6.45, 7) is 4.86. The molecule has 0 saturated heterocycles. The number of rotatable bonds is 7. The molecule has 1 atom stereocenters. The van der Waals surface area contributed by atoms with Gasteiger partial charge in [-0.25, -0.2) is 4.79 Å². The molecule has 0 aliphatic carbocycles. The number of halogens is 1. The van der Waals surface area contributed by atoms with Crippen molar-refractivity contribution in [2.24, 2.45) is 0 Å². The molecular weight excluding hydrogens is 488 g/mol. The second-order valence-electron chi connectivity index (χ2n) is 9.43. The van der Waals surface area contributed by atoms with Crippen LogP contribution in [0.5, 0.6) is 5.75 Å². The fourth-order valence-electron chi connectivity index (χ4n) is 5.42. The molecule has 6 nitrogen and oxygen atoms in total. The highest BCUT2D eigenvalue weighted by Gasteiger charge is 2.34. The number of fused-ring (bicyclic) bond motifs is 2. The predicted molar refractivity (Wildman–Crippen MR) is 144 cm³/mol. The summed E-state index contributed by atoms with van der Waals surface area (Å²) in [7, 11) is 0. The van der Waals surface area contributed by atoms with Crippen LogP contribution >= 0.6 is 11.6 Å². The number of para-hydroxylation sites is 1. The monoisotopic (exact) mass is 516 g/mol. The van der Waals surface area contributed by atoms with E-state index in [0.29, 0.717) is 35.8 Å². The summed E-state index contributed by atoms with van der Waals surface area (Å²) in [5.41, 5.74) is 6.37. The molecule has 0 saturated carbocycles. The number of carbonyl (C=O) groups excluding carboxylic acids is 1. The van der Waals surface area contributed by atoms with Crippen molar-refractivity contribution in [2.75, 3.05) is 13.2 Å². The van der Waals surface area contributed by atoms with Crippen LogP contribution in [0.2, 0.25) is 5.02 Å². The third-order valence-electron chi connectivity index (χ3n) is 7.32. The molecule has 5 rings (SSSR count). The van der Waals surface area contributed by atoms with Crippen molar-refractivity contribution in [2.45, 2.75) is 39.3 Å². The molecule has 1 aliphatic heterocycles. The second-order valence-corrected chi connectivity index (χ2v) is 9.87. The summed E-state index contributed by atoms with van der Waals surface area (Å²) < 4.78 is 7.86. The average molecular weight is 517 g/mol. The van der Waals surface area contributed by atoms with Gasteiger partial charge in [-0.15, -0.1) is 0 Å². The SMILES string of the molecule is Cc1c(C)n(CCC(=O)N2CCc3ccccc3C2c2cc(Cl)ccc2OCC(=O)O)c2ccccc12. The molecule has 0 bridgehead atoms. The van der Waals surface area contributed by atoms with Crippen LogP contribution in [-0.4, -0.2) is 39.6 Å². The number of aromatic nitrogens is 1. The van der Waals surface area contributed by atoms with Crippen molar-refractivity contribution >= 4 is 34.4 Å². The van der Waals surface area contributed by atoms with Crippen molar-refractivity contribution in [3.63, 3.8) is 0 Å². The van der Waals surface area contributed by atoms with Gasteiger partial charge in [0.1, 0.15) is 5.75 Å². The molecular formula is C30H29ClN2O4. The number of amides is 1. The van der Waals surface area contributed by atoms with Crippen LogP contribution in [0.4, 0.5) is 0 Å². The Balaban J connectivity index is 1.50. The van der Waals surface area contributed by atoms with Crippen molar-refractivity contribution < 1.29 is 19.4 Å². The van der Waals surface area contributed by atoms with Gasteiger partial charge in [0.2, 0.25) is 5.91 Å². The van der Waals surface area contributed by atoms with Crippen LogP contribution in [0, 0.1) is 13.8 Å². The molecule has 1 amide bonds. The Labute approximate surface area is 221 Å². The summed E-state index contributed by atoms with van der Waals surface area (Å²) in [6, 6.07) is 21.0. The first-order valence-corrected chi connectivity index (χ1v) is 12.8. The van der Waals surface area contributed by atoms with Gasteiger partial charge in [0, 0.05) is 46.7 Å². The largest absolute Gasteiger partial charge is 0.482 e. The van der Waals surface area contributed by atoms with Crippen LogP contribution < -0.4 is 4.74 Å². The van der Waals surface area contributed by atoms with Crippen molar-refractivity contribution in [3.05, 3.63) is 99.7 Å². The quantitative estimate of drug-likeness (QED) is 0.330. The van der Waals surface area contributed by atoms with E-state index in [4.69, 9.17) is 16.3 Å². The Kier molecular flexibility index (Phi) is 6.94. The van der Waals surface area contributed by atoms with Gasteiger partial charge < -0.3 is 19.3 Å². The second kappa shape index (κ2) is 10.3. The maximum absolute atomic E-state index is 13.8.